The molecule has 0 bridgehead atoms. The van der Waals surface area contributed by atoms with Crippen molar-refractivity contribution in [1.82, 2.24) is 0 Å². The highest BCUT2D eigenvalue weighted by atomic mass is 28.4. The Morgan fingerprint density at radius 1 is 0.800 bits per heavy atom. The molecule has 2 saturated heterocycles. The number of rotatable bonds is 10. The van der Waals surface area contributed by atoms with Crippen molar-refractivity contribution in [2.75, 3.05) is 13.2 Å². The summed E-state index contributed by atoms with van der Waals surface area (Å²) < 4.78 is 31.6. The third kappa shape index (κ3) is 5.55. The Balaban J connectivity index is 1.44. The number of hydrogen-bond acceptors (Lipinski definition) is 7. The fraction of sp³-hybridized carbons (Fsp3) is 0.438. The van der Waals surface area contributed by atoms with Gasteiger partial charge in [-0.2, -0.15) is 0 Å². The van der Waals surface area contributed by atoms with E-state index < -0.39 is 38.2 Å². The van der Waals surface area contributed by atoms with Crippen LogP contribution in [-0.4, -0.2) is 56.5 Å². The van der Waals surface area contributed by atoms with Gasteiger partial charge in [-0.3, -0.25) is 4.58 Å². The molecule has 3 aromatic rings. The Kier molecular flexibility index (Phi) is 8.34. The minimum Gasteiger partial charge on any atom is -0.393 e. The highest BCUT2D eigenvalue weighted by Crippen LogP contribution is 2.44. The van der Waals surface area contributed by atoms with Crippen molar-refractivity contribution in [2.24, 2.45) is 0 Å². The zero-order valence-corrected chi connectivity index (χ0v) is 24.9. The molecule has 0 aromatic heterocycles. The first-order valence-corrected chi connectivity index (χ1v) is 15.7. The van der Waals surface area contributed by atoms with Crippen LogP contribution in [0.15, 0.2) is 91.0 Å². The lowest BCUT2D eigenvalue weighted by Crippen LogP contribution is -2.67. The molecule has 7 nitrogen and oxygen atoms in total. The van der Waals surface area contributed by atoms with Crippen molar-refractivity contribution in [3.63, 3.8) is 0 Å². The van der Waals surface area contributed by atoms with E-state index in [0.717, 1.165) is 15.9 Å². The minimum absolute atomic E-state index is 0.0758. The maximum absolute atomic E-state index is 10.8. The first-order chi connectivity index (χ1) is 19.1. The molecule has 0 spiro atoms. The van der Waals surface area contributed by atoms with Crippen molar-refractivity contribution >= 4 is 18.7 Å². The van der Waals surface area contributed by atoms with Gasteiger partial charge in [0.2, 0.25) is 0 Å². The molecule has 4 atom stereocenters. The zero-order chi connectivity index (χ0) is 28.4. The van der Waals surface area contributed by atoms with Gasteiger partial charge in [-0.25, -0.2) is 4.89 Å². The van der Waals surface area contributed by atoms with Gasteiger partial charge in [0.05, 0.1) is 13.2 Å². The molecule has 0 radical (unpaired) electrons. The summed E-state index contributed by atoms with van der Waals surface area (Å²) in [4.78, 5) is 6.20. The summed E-state index contributed by atoms with van der Waals surface area (Å²) in [6.07, 6.45) is -1.91. The van der Waals surface area contributed by atoms with Gasteiger partial charge in [0.15, 0.2) is 12.1 Å². The second-order valence-corrected chi connectivity index (χ2v) is 16.2. The summed E-state index contributed by atoms with van der Waals surface area (Å²) >= 11 is 0. The van der Waals surface area contributed by atoms with Crippen molar-refractivity contribution in [2.45, 2.75) is 76.1 Å². The molecule has 1 N–H and O–H groups in total. The molecule has 214 valence electrons. The lowest BCUT2D eigenvalue weighted by molar-refractivity contribution is -0.303. The molecule has 0 aliphatic carbocycles. The minimum atomic E-state index is -2.97. The van der Waals surface area contributed by atoms with Gasteiger partial charge in [0.1, 0.15) is 24.4 Å². The average molecular weight is 565 g/mol. The molecular weight excluding hydrogens is 524 g/mol. The van der Waals surface area contributed by atoms with Gasteiger partial charge >= 0.3 is 8.32 Å². The van der Waals surface area contributed by atoms with Crippen molar-refractivity contribution in [1.29, 1.82) is 0 Å². The van der Waals surface area contributed by atoms with Crippen molar-refractivity contribution < 1.29 is 33.5 Å². The Hall–Kier alpha value is -2.40. The quantitative estimate of drug-likeness (QED) is 0.223. The van der Waals surface area contributed by atoms with Crippen LogP contribution in [-0.2, 0) is 35.0 Å². The van der Waals surface area contributed by atoms with Gasteiger partial charge in [-0.05, 0) is 34.8 Å². The zero-order valence-electron chi connectivity index (χ0n) is 23.9. The Morgan fingerprint density at radius 2 is 1.35 bits per heavy atom. The Morgan fingerprint density at radius 3 is 1.88 bits per heavy atom. The van der Waals surface area contributed by atoms with E-state index in [4.69, 9.17) is 28.4 Å². The number of ether oxygens (including phenoxy) is 4. The Bertz CT molecular complexity index is 1190. The fourth-order valence-corrected chi connectivity index (χ4v) is 9.83. The standard InChI is InChI=1S/C32H40O7Si/c1-30(2,3)40(25-17-11-7-12-18-25,26-19-13-8-14-20-26)39-35-23-32(22-33)28(34-21-24-15-9-6-10-16-24)27-29(38-32)37-31(4,5)36-27/h6-20,27-29,33H,21-23H2,1-5H3/t27-,28+,29+,32-/m1/s1. The number of hydrogen-bond donors (Lipinski definition) is 1. The number of aliphatic hydroxyl groups excluding tert-OH is 1. The number of aliphatic hydroxyl groups is 1. The Labute approximate surface area is 238 Å². The smallest absolute Gasteiger partial charge is 0.305 e. The van der Waals surface area contributed by atoms with Crippen LogP contribution in [0, 0.1) is 0 Å². The molecule has 2 heterocycles. The third-order valence-electron chi connectivity index (χ3n) is 7.70. The molecule has 2 aliphatic rings. The average Bonchev–Trinajstić information content (AvgIpc) is 3.39. The lowest BCUT2D eigenvalue weighted by Gasteiger charge is -2.42. The lowest BCUT2D eigenvalue weighted by atomic mass is 9.97. The summed E-state index contributed by atoms with van der Waals surface area (Å²) in [5.41, 5.74) is -0.258. The maximum Gasteiger partial charge on any atom is 0.305 e. The topological polar surface area (TPSA) is 75.6 Å². The molecule has 2 aliphatic heterocycles. The molecule has 8 heteroatoms. The van der Waals surface area contributed by atoms with E-state index in [-0.39, 0.29) is 18.3 Å². The van der Waals surface area contributed by atoms with Crippen LogP contribution in [0.3, 0.4) is 0 Å². The highest BCUT2D eigenvalue weighted by Gasteiger charge is 2.63. The molecule has 0 amide bonds. The first kappa shape index (κ1) is 29.1. The summed E-state index contributed by atoms with van der Waals surface area (Å²) in [5.74, 6) is -0.836. The summed E-state index contributed by atoms with van der Waals surface area (Å²) in [5, 5.41) is 12.6. The van der Waals surface area contributed by atoms with Crippen molar-refractivity contribution in [3.8, 4) is 0 Å². The SMILES string of the molecule is CC1(C)O[C@H]2O[C@](CO)(COO[Si](c3ccccc3)(c3ccccc3)C(C)(C)C)[C@@H](OCc3ccccc3)[C@H]2O1. The first-order valence-electron chi connectivity index (χ1n) is 13.8. The van der Waals surface area contributed by atoms with Gasteiger partial charge in [0.25, 0.3) is 0 Å². The van der Waals surface area contributed by atoms with Crippen LogP contribution in [0.1, 0.15) is 40.2 Å². The number of benzene rings is 3. The monoisotopic (exact) mass is 564 g/mol. The second-order valence-electron chi connectivity index (χ2n) is 12.0. The van der Waals surface area contributed by atoms with Crippen LogP contribution in [0.25, 0.3) is 0 Å². The van der Waals surface area contributed by atoms with E-state index in [2.05, 4.69) is 45.0 Å². The molecule has 2 fully saturated rings. The maximum atomic E-state index is 10.8. The van der Waals surface area contributed by atoms with Crippen LogP contribution in [0.2, 0.25) is 5.04 Å². The van der Waals surface area contributed by atoms with Crippen LogP contribution >= 0.6 is 0 Å². The second kappa shape index (κ2) is 11.5. The van der Waals surface area contributed by atoms with Crippen LogP contribution < -0.4 is 10.4 Å². The molecule has 5 rings (SSSR count). The molecule has 40 heavy (non-hydrogen) atoms. The van der Waals surface area contributed by atoms with E-state index in [0.29, 0.717) is 6.61 Å². The molecular formula is C32H40O7Si. The van der Waals surface area contributed by atoms with Gasteiger partial charge in [-0.1, -0.05) is 112 Å². The van der Waals surface area contributed by atoms with Gasteiger partial charge < -0.3 is 24.1 Å². The fourth-order valence-electron chi connectivity index (χ4n) is 5.76. The normalized spacial score (nSPS) is 26.1. The predicted molar refractivity (Wildman–Crippen MR) is 154 cm³/mol. The van der Waals surface area contributed by atoms with Crippen molar-refractivity contribution in [3.05, 3.63) is 96.6 Å². The summed E-state index contributed by atoms with van der Waals surface area (Å²) in [6, 6.07) is 30.4. The van der Waals surface area contributed by atoms with E-state index in [1.54, 1.807) is 0 Å². The van der Waals surface area contributed by atoms with Gasteiger partial charge in [0, 0.05) is 0 Å². The summed E-state index contributed by atoms with van der Waals surface area (Å²) in [6.45, 7) is 10.1. The van der Waals surface area contributed by atoms with Crippen LogP contribution in [0.4, 0.5) is 0 Å². The van der Waals surface area contributed by atoms with E-state index in [1.165, 1.54) is 0 Å². The molecule has 0 unspecified atom stereocenters. The largest absolute Gasteiger partial charge is 0.393 e. The summed E-state index contributed by atoms with van der Waals surface area (Å²) in [7, 11) is -2.97. The van der Waals surface area contributed by atoms with E-state index in [1.807, 2.05) is 80.6 Å². The molecule has 0 saturated carbocycles. The highest BCUT2D eigenvalue weighted by molar-refractivity contribution is 6.99. The van der Waals surface area contributed by atoms with Gasteiger partial charge in [-0.15, -0.1) is 0 Å². The predicted octanol–water partition coefficient (Wildman–Crippen LogP) is 4.32. The number of fused-ring (bicyclic) bond motifs is 1. The molecule has 3 aromatic carbocycles. The van der Waals surface area contributed by atoms with E-state index >= 15 is 0 Å². The van der Waals surface area contributed by atoms with E-state index in [9.17, 15) is 5.11 Å². The van der Waals surface area contributed by atoms with Crippen LogP contribution in [0.5, 0.6) is 0 Å². The third-order valence-corrected chi connectivity index (χ3v) is 12.5.